The van der Waals surface area contributed by atoms with Crippen LogP contribution in [0.15, 0.2) is 72.9 Å². The van der Waals surface area contributed by atoms with Crippen LogP contribution in [-0.4, -0.2) is 37.2 Å². The number of hydrogen-bond donors (Lipinski definition) is 0. The van der Waals surface area contributed by atoms with Crippen LogP contribution in [0, 0.1) is 0 Å². The molecule has 66 heavy (non-hydrogen) atoms. The quantitative estimate of drug-likeness (QED) is 0.0262. The lowest BCUT2D eigenvalue weighted by Gasteiger charge is -2.18. The number of allylic oxidation sites excluding steroid dienone is 12. The normalized spacial score (nSPS) is 12.6. The number of carbonyl (C=O) groups is 3. The van der Waals surface area contributed by atoms with E-state index in [-0.39, 0.29) is 31.1 Å². The lowest BCUT2D eigenvalue weighted by molar-refractivity contribution is -0.167. The summed E-state index contributed by atoms with van der Waals surface area (Å²) in [7, 11) is 0. The van der Waals surface area contributed by atoms with Gasteiger partial charge < -0.3 is 14.2 Å². The summed E-state index contributed by atoms with van der Waals surface area (Å²) in [6, 6.07) is 0. The molecule has 6 nitrogen and oxygen atoms in total. The zero-order valence-electron chi connectivity index (χ0n) is 43.4. The number of carbonyl (C=O) groups excluding carboxylic acids is 3. The Bertz CT molecular complexity index is 1240. The van der Waals surface area contributed by atoms with Crippen molar-refractivity contribution in [2.24, 2.45) is 0 Å². The molecule has 0 spiro atoms. The Hall–Kier alpha value is -3.15. The first-order valence-corrected chi connectivity index (χ1v) is 27.9. The summed E-state index contributed by atoms with van der Waals surface area (Å²) in [4.78, 5) is 38.1. The summed E-state index contributed by atoms with van der Waals surface area (Å²) < 4.78 is 16.8. The van der Waals surface area contributed by atoms with Gasteiger partial charge in [0.1, 0.15) is 13.2 Å². The zero-order chi connectivity index (χ0) is 47.9. The average molecular weight is 921 g/mol. The van der Waals surface area contributed by atoms with Gasteiger partial charge in [0.15, 0.2) is 6.10 Å². The summed E-state index contributed by atoms with van der Waals surface area (Å²) in [6.45, 7) is 6.50. The van der Waals surface area contributed by atoms with E-state index in [0.717, 1.165) is 96.3 Å². The first-order valence-electron chi connectivity index (χ1n) is 27.9. The maximum atomic E-state index is 12.8. The molecule has 0 heterocycles. The van der Waals surface area contributed by atoms with Gasteiger partial charge >= 0.3 is 17.9 Å². The van der Waals surface area contributed by atoms with Crippen LogP contribution in [0.4, 0.5) is 0 Å². The van der Waals surface area contributed by atoms with Crippen molar-refractivity contribution in [3.8, 4) is 0 Å². The van der Waals surface area contributed by atoms with E-state index < -0.39 is 6.10 Å². The van der Waals surface area contributed by atoms with E-state index in [4.69, 9.17) is 14.2 Å². The molecule has 0 aliphatic heterocycles. The third kappa shape index (κ3) is 51.8. The minimum absolute atomic E-state index is 0.0856. The van der Waals surface area contributed by atoms with Crippen LogP contribution in [0.3, 0.4) is 0 Å². The highest BCUT2D eigenvalue weighted by Gasteiger charge is 2.19. The van der Waals surface area contributed by atoms with Crippen molar-refractivity contribution >= 4 is 17.9 Å². The fourth-order valence-corrected chi connectivity index (χ4v) is 7.76. The minimum Gasteiger partial charge on any atom is -0.462 e. The van der Waals surface area contributed by atoms with E-state index in [1.54, 1.807) is 0 Å². The van der Waals surface area contributed by atoms with Gasteiger partial charge in [0.25, 0.3) is 0 Å². The number of rotatable bonds is 50. The Labute approximate surface area is 408 Å². The zero-order valence-corrected chi connectivity index (χ0v) is 43.4. The maximum absolute atomic E-state index is 12.8. The molecule has 0 unspecified atom stereocenters. The number of hydrogen-bond acceptors (Lipinski definition) is 6. The molecule has 0 aromatic heterocycles. The highest BCUT2D eigenvalue weighted by Crippen LogP contribution is 2.15. The van der Waals surface area contributed by atoms with Crippen LogP contribution in [0.2, 0.25) is 0 Å². The SMILES string of the molecule is CC/C=C/C/C=C/C/C=C/C/C=C/C/C=C/CCCCCC(=O)OC[C@@H](COC(=O)CCCCCCCCCCCCCCCC)OC(=O)CCCCCCCCC/C=C/CCCCCC. The summed E-state index contributed by atoms with van der Waals surface area (Å²) in [5, 5.41) is 0. The van der Waals surface area contributed by atoms with Crippen LogP contribution < -0.4 is 0 Å². The van der Waals surface area contributed by atoms with Gasteiger partial charge in [-0.2, -0.15) is 0 Å². The minimum atomic E-state index is -0.789. The number of unbranched alkanes of at least 4 members (excludes halogenated alkanes) is 27. The van der Waals surface area contributed by atoms with Crippen molar-refractivity contribution < 1.29 is 28.6 Å². The first kappa shape index (κ1) is 62.8. The molecule has 0 aliphatic carbocycles. The highest BCUT2D eigenvalue weighted by molar-refractivity contribution is 5.71. The third-order valence-electron chi connectivity index (χ3n) is 11.9. The smallest absolute Gasteiger partial charge is 0.306 e. The molecule has 0 saturated heterocycles. The topological polar surface area (TPSA) is 78.9 Å². The van der Waals surface area contributed by atoms with Crippen molar-refractivity contribution in [1.29, 1.82) is 0 Å². The molecule has 0 aliphatic rings. The molecule has 0 bridgehead atoms. The Morgan fingerprint density at radius 2 is 0.591 bits per heavy atom. The molecule has 380 valence electrons. The van der Waals surface area contributed by atoms with Crippen molar-refractivity contribution in [2.45, 2.75) is 277 Å². The lowest BCUT2D eigenvalue weighted by atomic mass is 10.0. The van der Waals surface area contributed by atoms with E-state index in [0.29, 0.717) is 19.3 Å². The largest absolute Gasteiger partial charge is 0.462 e. The monoisotopic (exact) mass is 921 g/mol. The summed E-state index contributed by atoms with van der Waals surface area (Å²) in [6.07, 6.45) is 68.8. The summed E-state index contributed by atoms with van der Waals surface area (Å²) in [5.74, 6) is -0.916. The molecule has 6 heteroatoms. The van der Waals surface area contributed by atoms with E-state index in [1.165, 1.54) is 135 Å². The van der Waals surface area contributed by atoms with Crippen LogP contribution in [0.25, 0.3) is 0 Å². The van der Waals surface area contributed by atoms with Crippen LogP contribution in [0.1, 0.15) is 271 Å². The Balaban J connectivity index is 4.43. The average Bonchev–Trinajstić information content (AvgIpc) is 3.31. The molecule has 0 amide bonds. The second-order valence-corrected chi connectivity index (χ2v) is 18.5. The fraction of sp³-hybridized carbons (Fsp3) is 0.750. The van der Waals surface area contributed by atoms with Crippen molar-refractivity contribution in [3.05, 3.63) is 72.9 Å². The Kier molecular flexibility index (Phi) is 51.9. The van der Waals surface area contributed by atoms with Crippen LogP contribution in [0.5, 0.6) is 0 Å². The van der Waals surface area contributed by atoms with Crippen molar-refractivity contribution in [3.63, 3.8) is 0 Å². The van der Waals surface area contributed by atoms with Crippen molar-refractivity contribution in [2.75, 3.05) is 13.2 Å². The van der Waals surface area contributed by atoms with Gasteiger partial charge in [-0.05, 0) is 89.9 Å². The first-order chi connectivity index (χ1) is 32.5. The Morgan fingerprint density at radius 3 is 0.970 bits per heavy atom. The van der Waals surface area contributed by atoms with Crippen LogP contribution >= 0.6 is 0 Å². The molecular weight excluding hydrogens is 817 g/mol. The fourth-order valence-electron chi connectivity index (χ4n) is 7.76. The maximum Gasteiger partial charge on any atom is 0.306 e. The second-order valence-electron chi connectivity index (χ2n) is 18.5. The molecular formula is C60H104O6. The second kappa shape index (κ2) is 54.5. The predicted molar refractivity (Wildman–Crippen MR) is 284 cm³/mol. The van der Waals surface area contributed by atoms with E-state index in [1.807, 2.05) is 0 Å². The van der Waals surface area contributed by atoms with E-state index in [2.05, 4.69) is 93.7 Å². The highest BCUT2D eigenvalue weighted by atomic mass is 16.6. The van der Waals surface area contributed by atoms with Crippen LogP contribution in [-0.2, 0) is 28.6 Å². The predicted octanol–water partition coefficient (Wildman–Crippen LogP) is 18.6. The molecule has 1 atom stereocenters. The van der Waals surface area contributed by atoms with Gasteiger partial charge in [-0.15, -0.1) is 0 Å². The summed E-state index contributed by atoms with van der Waals surface area (Å²) >= 11 is 0. The van der Waals surface area contributed by atoms with E-state index >= 15 is 0 Å². The van der Waals surface area contributed by atoms with Gasteiger partial charge in [0.05, 0.1) is 0 Å². The molecule has 0 N–H and O–H groups in total. The molecule has 0 radical (unpaired) electrons. The standard InChI is InChI=1S/C60H104O6/c1-4-7-10-13-16-19-22-25-28-29-30-31-33-35-38-41-44-47-50-53-59(62)65-56-57(55-64-58(61)52-49-46-43-40-37-34-27-24-21-18-15-12-9-6-3)66-60(63)54-51-48-45-42-39-36-32-26-23-20-17-14-11-8-5-2/h7,10,16,19-20,23,25,28,30-31,35,38,57H,4-6,8-9,11-15,17-18,21-22,24,26-27,29,32-34,36-37,39-56H2,1-3H3/b10-7+,19-16+,23-20+,28-25+,31-30+,38-35+/t57-/m1/s1. The number of ether oxygens (including phenoxy) is 3. The molecule has 0 saturated carbocycles. The van der Waals surface area contributed by atoms with Crippen molar-refractivity contribution in [1.82, 2.24) is 0 Å². The van der Waals surface area contributed by atoms with Gasteiger partial charge in [0, 0.05) is 19.3 Å². The van der Waals surface area contributed by atoms with E-state index in [9.17, 15) is 14.4 Å². The summed E-state index contributed by atoms with van der Waals surface area (Å²) in [5.41, 5.74) is 0. The number of esters is 3. The molecule has 0 aromatic rings. The molecule has 0 fully saturated rings. The molecule has 0 rings (SSSR count). The van der Waals surface area contributed by atoms with Gasteiger partial charge in [0.2, 0.25) is 0 Å². The van der Waals surface area contributed by atoms with Gasteiger partial charge in [-0.3, -0.25) is 14.4 Å². The van der Waals surface area contributed by atoms with Gasteiger partial charge in [-0.25, -0.2) is 0 Å². The molecule has 0 aromatic carbocycles. The third-order valence-corrected chi connectivity index (χ3v) is 11.9. The lowest BCUT2D eigenvalue weighted by Crippen LogP contribution is -2.30. The van der Waals surface area contributed by atoms with Gasteiger partial charge in [-0.1, -0.05) is 235 Å². The Morgan fingerprint density at radius 1 is 0.318 bits per heavy atom.